The summed E-state index contributed by atoms with van der Waals surface area (Å²) in [6.45, 7) is 0. The molecule has 0 saturated heterocycles. The summed E-state index contributed by atoms with van der Waals surface area (Å²) in [4.78, 5) is 4.38. The number of nitrogens with two attached hydrogens (primary N) is 1. The first-order chi connectivity index (χ1) is 11.9. The summed E-state index contributed by atoms with van der Waals surface area (Å²) in [5.74, 6) is 0.500. The van der Waals surface area contributed by atoms with Crippen molar-refractivity contribution in [2.24, 2.45) is 5.14 Å². The second kappa shape index (κ2) is 5.75. The Morgan fingerprint density at radius 1 is 1.08 bits per heavy atom. The summed E-state index contributed by atoms with van der Waals surface area (Å²) >= 11 is 0. The quantitative estimate of drug-likeness (QED) is 0.772. The van der Waals surface area contributed by atoms with Crippen molar-refractivity contribution in [3.8, 4) is 11.4 Å². The number of halogens is 1. The molecule has 2 atom stereocenters. The molecule has 3 aromatic rings. The normalized spacial score (nSPS) is 19.8. The standard InChI is InChI=1S/C17H14FN3O3S/c18-15-4-2-1-3-12(15)16-20-17(24-21-16)14-9-13(14)10-5-7-11(8-6-10)25(19,22)23/h1-8,13-14H,9H2,(H2,19,22,23)/t13-,14+/m0/s1. The molecule has 1 aliphatic rings. The summed E-state index contributed by atoms with van der Waals surface area (Å²) in [7, 11) is -3.70. The highest BCUT2D eigenvalue weighted by molar-refractivity contribution is 7.89. The molecule has 0 amide bonds. The number of primary sulfonamides is 1. The maximum atomic E-state index is 13.8. The average molecular weight is 359 g/mol. The Labute approximate surface area is 143 Å². The van der Waals surface area contributed by atoms with Crippen molar-refractivity contribution < 1.29 is 17.3 Å². The number of hydrogen-bond acceptors (Lipinski definition) is 5. The van der Waals surface area contributed by atoms with Gasteiger partial charge in [0.15, 0.2) is 0 Å². The molecule has 1 saturated carbocycles. The fourth-order valence-electron chi connectivity index (χ4n) is 2.88. The molecule has 0 unspecified atom stereocenters. The number of benzene rings is 2. The van der Waals surface area contributed by atoms with Crippen LogP contribution in [0.4, 0.5) is 4.39 Å². The molecule has 2 N–H and O–H groups in total. The van der Waals surface area contributed by atoms with Crippen molar-refractivity contribution in [2.75, 3.05) is 0 Å². The number of sulfonamides is 1. The fraction of sp³-hybridized carbons (Fsp3) is 0.176. The van der Waals surface area contributed by atoms with Gasteiger partial charge in [0.2, 0.25) is 21.7 Å². The lowest BCUT2D eigenvalue weighted by Crippen LogP contribution is -2.11. The first kappa shape index (κ1) is 15.9. The molecule has 0 radical (unpaired) electrons. The van der Waals surface area contributed by atoms with Gasteiger partial charge in [-0.1, -0.05) is 29.4 Å². The maximum absolute atomic E-state index is 13.8. The third kappa shape index (κ3) is 3.06. The van der Waals surface area contributed by atoms with Gasteiger partial charge in [-0.2, -0.15) is 4.98 Å². The van der Waals surface area contributed by atoms with Crippen LogP contribution in [-0.2, 0) is 10.0 Å². The lowest BCUT2D eigenvalue weighted by Gasteiger charge is -2.01. The van der Waals surface area contributed by atoms with Crippen molar-refractivity contribution in [3.63, 3.8) is 0 Å². The van der Waals surface area contributed by atoms with E-state index in [4.69, 9.17) is 9.66 Å². The van der Waals surface area contributed by atoms with Crippen LogP contribution in [0.25, 0.3) is 11.4 Å². The van der Waals surface area contributed by atoms with Gasteiger partial charge in [-0.25, -0.2) is 17.9 Å². The van der Waals surface area contributed by atoms with Gasteiger partial charge >= 0.3 is 0 Å². The van der Waals surface area contributed by atoms with E-state index in [9.17, 15) is 12.8 Å². The molecule has 0 spiro atoms. The van der Waals surface area contributed by atoms with Crippen molar-refractivity contribution in [2.45, 2.75) is 23.2 Å². The van der Waals surface area contributed by atoms with Crippen LogP contribution in [0.1, 0.15) is 29.7 Å². The summed E-state index contributed by atoms with van der Waals surface area (Å²) in [5.41, 5.74) is 1.27. The predicted molar refractivity (Wildman–Crippen MR) is 87.6 cm³/mol. The molecular formula is C17H14FN3O3S. The summed E-state index contributed by atoms with van der Waals surface area (Å²) in [5, 5.41) is 8.96. The second-order valence-corrected chi connectivity index (χ2v) is 7.56. The number of rotatable bonds is 4. The average Bonchev–Trinajstić information content (AvgIpc) is 3.24. The Bertz CT molecular complexity index is 1030. The Balaban J connectivity index is 1.53. The summed E-state index contributed by atoms with van der Waals surface area (Å²) in [6, 6.07) is 12.7. The predicted octanol–water partition coefficient (Wildman–Crippen LogP) is 2.79. The molecule has 1 aliphatic carbocycles. The van der Waals surface area contributed by atoms with E-state index in [1.54, 1.807) is 30.3 Å². The lowest BCUT2D eigenvalue weighted by molar-refractivity contribution is 0.378. The zero-order valence-electron chi connectivity index (χ0n) is 13.0. The first-order valence-electron chi connectivity index (χ1n) is 7.65. The van der Waals surface area contributed by atoms with E-state index in [0.717, 1.165) is 12.0 Å². The fourth-order valence-corrected chi connectivity index (χ4v) is 3.39. The molecule has 6 nitrogen and oxygen atoms in total. The van der Waals surface area contributed by atoms with Crippen LogP contribution >= 0.6 is 0 Å². The topological polar surface area (TPSA) is 99.1 Å². The highest BCUT2D eigenvalue weighted by Crippen LogP contribution is 2.54. The third-order valence-corrected chi connectivity index (χ3v) is 5.23. The van der Waals surface area contributed by atoms with E-state index < -0.39 is 15.8 Å². The van der Waals surface area contributed by atoms with Crippen LogP contribution in [0.2, 0.25) is 0 Å². The first-order valence-corrected chi connectivity index (χ1v) is 9.19. The third-order valence-electron chi connectivity index (χ3n) is 4.30. The van der Waals surface area contributed by atoms with E-state index >= 15 is 0 Å². The van der Waals surface area contributed by atoms with Crippen molar-refractivity contribution in [1.29, 1.82) is 0 Å². The monoisotopic (exact) mass is 359 g/mol. The van der Waals surface area contributed by atoms with Crippen LogP contribution in [0.5, 0.6) is 0 Å². The van der Waals surface area contributed by atoms with Crippen LogP contribution in [-0.4, -0.2) is 18.6 Å². The smallest absolute Gasteiger partial charge is 0.238 e. The Morgan fingerprint density at radius 2 is 1.80 bits per heavy atom. The molecule has 0 aliphatic heterocycles. The molecule has 2 aromatic carbocycles. The van der Waals surface area contributed by atoms with Gasteiger partial charge in [0.1, 0.15) is 5.82 Å². The second-order valence-electron chi connectivity index (χ2n) is 6.00. The van der Waals surface area contributed by atoms with Gasteiger partial charge in [-0.05, 0) is 42.2 Å². The zero-order valence-corrected chi connectivity index (χ0v) is 13.8. The van der Waals surface area contributed by atoms with Crippen molar-refractivity contribution >= 4 is 10.0 Å². The van der Waals surface area contributed by atoms with Gasteiger partial charge in [0.05, 0.1) is 10.5 Å². The lowest BCUT2D eigenvalue weighted by atomic mass is 10.1. The SMILES string of the molecule is NS(=O)(=O)c1ccc([C@@H]2C[C@H]2c2nc(-c3ccccc3F)no2)cc1. The maximum Gasteiger partial charge on any atom is 0.238 e. The van der Waals surface area contributed by atoms with Crippen LogP contribution in [0.15, 0.2) is 57.9 Å². The Kier molecular flexibility index (Phi) is 3.66. The molecule has 128 valence electrons. The van der Waals surface area contributed by atoms with E-state index in [2.05, 4.69) is 10.1 Å². The van der Waals surface area contributed by atoms with E-state index in [1.807, 2.05) is 0 Å². The molecule has 1 heterocycles. The highest BCUT2D eigenvalue weighted by Gasteiger charge is 2.43. The van der Waals surface area contributed by atoms with Crippen molar-refractivity contribution in [1.82, 2.24) is 10.1 Å². The van der Waals surface area contributed by atoms with E-state index in [1.165, 1.54) is 18.2 Å². The molecule has 8 heteroatoms. The molecule has 1 aromatic heterocycles. The molecule has 4 rings (SSSR count). The van der Waals surface area contributed by atoms with E-state index in [0.29, 0.717) is 11.5 Å². The molecular weight excluding hydrogens is 345 g/mol. The van der Waals surface area contributed by atoms with Gasteiger partial charge in [0, 0.05) is 5.92 Å². The zero-order chi connectivity index (χ0) is 17.6. The largest absolute Gasteiger partial charge is 0.339 e. The minimum Gasteiger partial charge on any atom is -0.339 e. The molecule has 0 bridgehead atoms. The molecule has 25 heavy (non-hydrogen) atoms. The van der Waals surface area contributed by atoms with Crippen LogP contribution in [0, 0.1) is 5.82 Å². The summed E-state index contributed by atoms with van der Waals surface area (Å²) < 4.78 is 41.7. The van der Waals surface area contributed by atoms with Gasteiger partial charge in [0.25, 0.3) is 0 Å². The molecule has 1 fully saturated rings. The summed E-state index contributed by atoms with van der Waals surface area (Å²) in [6.07, 6.45) is 0.813. The van der Waals surface area contributed by atoms with Gasteiger partial charge in [-0.15, -0.1) is 0 Å². The van der Waals surface area contributed by atoms with Crippen molar-refractivity contribution in [3.05, 3.63) is 65.8 Å². The Hall–Kier alpha value is -2.58. The Morgan fingerprint density at radius 3 is 2.48 bits per heavy atom. The number of nitrogens with zero attached hydrogens (tertiary/aromatic N) is 2. The van der Waals surface area contributed by atoms with Gasteiger partial charge in [-0.3, -0.25) is 0 Å². The minimum atomic E-state index is -3.70. The van der Waals surface area contributed by atoms with E-state index in [-0.39, 0.29) is 22.6 Å². The minimum absolute atomic E-state index is 0.0494. The van der Waals surface area contributed by atoms with Crippen LogP contribution in [0.3, 0.4) is 0 Å². The van der Waals surface area contributed by atoms with Crippen LogP contribution < -0.4 is 5.14 Å². The number of aromatic nitrogens is 2. The number of hydrogen-bond donors (Lipinski definition) is 1. The highest BCUT2D eigenvalue weighted by atomic mass is 32.2. The van der Waals surface area contributed by atoms with Gasteiger partial charge < -0.3 is 4.52 Å².